The van der Waals surface area contributed by atoms with E-state index in [1.807, 2.05) is 0 Å². The molecule has 0 saturated heterocycles. The molecular weight excluding hydrogens is 474 g/mol. The van der Waals surface area contributed by atoms with E-state index in [1.165, 1.54) is 12.1 Å². The smallest absolute Gasteiger partial charge is 0.166 e. The van der Waals surface area contributed by atoms with Crippen LogP contribution in [0.15, 0.2) is 33.2 Å². The molecule has 0 spiro atoms. The van der Waals surface area contributed by atoms with Crippen LogP contribution in [0.25, 0.3) is 20.2 Å². The zero-order valence-corrected chi connectivity index (χ0v) is 14.7. The van der Waals surface area contributed by atoms with Crippen molar-refractivity contribution in [1.29, 1.82) is 0 Å². The molecule has 0 aliphatic heterocycles. The van der Waals surface area contributed by atoms with Gasteiger partial charge in [-0.1, -0.05) is 37.9 Å². The Morgan fingerprint density at radius 3 is 1.96 bits per heavy atom. The zero-order chi connectivity index (χ0) is 17.2. The predicted molar refractivity (Wildman–Crippen MR) is 84.7 cm³/mol. The lowest BCUT2D eigenvalue weighted by Gasteiger charge is -2.18. The Labute approximate surface area is 146 Å². The van der Waals surface area contributed by atoms with Crippen LogP contribution in [0.4, 0.5) is 26.3 Å². The molecule has 23 heavy (non-hydrogen) atoms. The quantitative estimate of drug-likeness (QED) is 0.292. The molecule has 0 saturated carbocycles. The minimum absolute atomic E-state index is 0.144. The Morgan fingerprint density at radius 2 is 1.39 bits per heavy atom. The van der Waals surface area contributed by atoms with E-state index < -0.39 is 33.3 Å². The van der Waals surface area contributed by atoms with Crippen LogP contribution in [-0.2, 0) is 12.4 Å². The summed E-state index contributed by atoms with van der Waals surface area (Å²) in [4.78, 5) is 0. The molecule has 9 heteroatoms. The highest BCUT2D eigenvalue weighted by atomic mass is 79.9. The standard InChI is InChI=1S/C14H4Br2F6S/c15-5-1-2-6-8(3-5)23-9-4-7(16)11(13(17,18)19)12(10(6)9)14(20,21)22/h1-4H. The average molecular weight is 478 g/mol. The first-order chi connectivity index (χ1) is 10.5. The molecule has 0 nitrogen and oxygen atoms in total. The first kappa shape index (κ1) is 17.0. The summed E-state index contributed by atoms with van der Waals surface area (Å²) >= 11 is 6.86. The van der Waals surface area contributed by atoms with E-state index in [-0.39, 0.29) is 10.1 Å². The van der Waals surface area contributed by atoms with Gasteiger partial charge in [0, 0.05) is 29.1 Å². The molecule has 3 rings (SSSR count). The summed E-state index contributed by atoms with van der Waals surface area (Å²) in [6.45, 7) is 0. The highest BCUT2D eigenvalue weighted by Crippen LogP contribution is 2.50. The number of benzene rings is 2. The van der Waals surface area contributed by atoms with Crippen molar-refractivity contribution in [3.63, 3.8) is 0 Å². The highest BCUT2D eigenvalue weighted by Gasteiger charge is 2.46. The van der Waals surface area contributed by atoms with E-state index in [9.17, 15) is 26.3 Å². The fraction of sp³-hybridized carbons (Fsp3) is 0.143. The van der Waals surface area contributed by atoms with Gasteiger partial charge in [-0.2, -0.15) is 26.3 Å². The summed E-state index contributed by atoms with van der Waals surface area (Å²) in [6.07, 6.45) is -10.3. The summed E-state index contributed by atoms with van der Waals surface area (Å²) in [5, 5.41) is -0.265. The summed E-state index contributed by atoms with van der Waals surface area (Å²) in [7, 11) is 0. The van der Waals surface area contributed by atoms with E-state index in [4.69, 9.17) is 0 Å². The van der Waals surface area contributed by atoms with Gasteiger partial charge in [0.1, 0.15) is 0 Å². The van der Waals surface area contributed by atoms with Gasteiger partial charge in [0.2, 0.25) is 0 Å². The summed E-state index contributed by atoms with van der Waals surface area (Å²) in [5.74, 6) is 0. The van der Waals surface area contributed by atoms with E-state index >= 15 is 0 Å². The predicted octanol–water partition coefficient (Wildman–Crippen LogP) is 7.62. The van der Waals surface area contributed by atoms with E-state index in [0.29, 0.717) is 9.17 Å². The second-order valence-electron chi connectivity index (χ2n) is 4.72. The molecule has 0 bridgehead atoms. The largest absolute Gasteiger partial charge is 0.418 e. The van der Waals surface area contributed by atoms with Gasteiger partial charge in [-0.05, 0) is 18.2 Å². The maximum absolute atomic E-state index is 13.4. The Kier molecular flexibility index (Phi) is 3.97. The minimum Gasteiger partial charge on any atom is -0.166 e. The Bertz CT molecular complexity index is 923. The molecule has 1 aromatic heterocycles. The molecular formula is C14H4Br2F6S. The molecule has 0 radical (unpaired) electrons. The van der Waals surface area contributed by atoms with Crippen LogP contribution >= 0.6 is 43.2 Å². The minimum atomic E-state index is -5.13. The molecule has 2 aromatic carbocycles. The number of thiophene rings is 1. The Hall–Kier alpha value is -0.800. The molecule has 0 N–H and O–H groups in total. The fourth-order valence-electron chi connectivity index (χ4n) is 2.44. The van der Waals surface area contributed by atoms with Gasteiger partial charge in [-0.15, -0.1) is 11.3 Å². The highest BCUT2D eigenvalue weighted by molar-refractivity contribution is 9.10. The number of alkyl halides is 6. The van der Waals surface area contributed by atoms with Crippen molar-refractivity contribution >= 4 is 63.4 Å². The van der Waals surface area contributed by atoms with Gasteiger partial charge in [0.15, 0.2) is 0 Å². The van der Waals surface area contributed by atoms with Gasteiger partial charge in [0.25, 0.3) is 0 Å². The lowest BCUT2D eigenvalue weighted by Crippen LogP contribution is -2.17. The number of hydrogen-bond acceptors (Lipinski definition) is 1. The maximum atomic E-state index is 13.4. The number of rotatable bonds is 0. The van der Waals surface area contributed by atoms with Crippen molar-refractivity contribution in [3.05, 3.63) is 44.3 Å². The zero-order valence-electron chi connectivity index (χ0n) is 10.7. The fourth-order valence-corrected chi connectivity index (χ4v) is 4.95. The van der Waals surface area contributed by atoms with Gasteiger partial charge in [0.05, 0.1) is 11.1 Å². The molecule has 0 unspecified atom stereocenters. The van der Waals surface area contributed by atoms with Crippen LogP contribution in [0, 0.1) is 0 Å². The third kappa shape index (κ3) is 2.87. The monoisotopic (exact) mass is 476 g/mol. The molecule has 1 heterocycles. The van der Waals surface area contributed by atoms with Crippen LogP contribution in [0.5, 0.6) is 0 Å². The number of halogens is 8. The number of fused-ring (bicyclic) bond motifs is 3. The summed E-state index contributed by atoms with van der Waals surface area (Å²) < 4.78 is 80.6. The van der Waals surface area contributed by atoms with Crippen LogP contribution in [0.1, 0.15) is 11.1 Å². The Balaban J connectivity index is 2.60. The summed E-state index contributed by atoms with van der Waals surface area (Å²) in [5.41, 5.74) is -3.34. The van der Waals surface area contributed by atoms with Gasteiger partial charge < -0.3 is 0 Å². The lowest BCUT2D eigenvalue weighted by atomic mass is 9.99. The van der Waals surface area contributed by atoms with Crippen molar-refractivity contribution < 1.29 is 26.3 Å². The molecule has 122 valence electrons. The van der Waals surface area contributed by atoms with Crippen molar-refractivity contribution in [2.24, 2.45) is 0 Å². The van der Waals surface area contributed by atoms with Gasteiger partial charge in [-0.3, -0.25) is 0 Å². The third-order valence-corrected chi connectivity index (χ3v) is 5.46. The second-order valence-corrected chi connectivity index (χ2v) is 7.57. The van der Waals surface area contributed by atoms with Crippen molar-refractivity contribution in [2.75, 3.05) is 0 Å². The van der Waals surface area contributed by atoms with Crippen molar-refractivity contribution in [1.82, 2.24) is 0 Å². The summed E-state index contributed by atoms with van der Waals surface area (Å²) in [6, 6.07) is 5.57. The van der Waals surface area contributed by atoms with Gasteiger partial charge in [-0.25, -0.2) is 0 Å². The number of hydrogen-bond donors (Lipinski definition) is 0. The molecule has 0 aliphatic carbocycles. The van der Waals surface area contributed by atoms with E-state index in [0.717, 1.165) is 17.4 Å². The van der Waals surface area contributed by atoms with Crippen molar-refractivity contribution in [3.8, 4) is 0 Å². The van der Waals surface area contributed by atoms with Crippen LogP contribution in [0.3, 0.4) is 0 Å². The Morgan fingerprint density at radius 1 is 0.783 bits per heavy atom. The molecule has 0 atom stereocenters. The molecule has 0 amide bonds. The third-order valence-electron chi connectivity index (χ3n) is 3.24. The maximum Gasteiger partial charge on any atom is 0.418 e. The molecule has 0 aliphatic rings. The molecule has 0 fully saturated rings. The lowest BCUT2D eigenvalue weighted by molar-refractivity contribution is -0.161. The van der Waals surface area contributed by atoms with Crippen LogP contribution < -0.4 is 0 Å². The second kappa shape index (κ2) is 5.35. The topological polar surface area (TPSA) is 0 Å². The normalized spacial score (nSPS) is 13.2. The van der Waals surface area contributed by atoms with Crippen molar-refractivity contribution in [2.45, 2.75) is 12.4 Å². The first-order valence-corrected chi connectivity index (χ1v) is 8.39. The first-order valence-electron chi connectivity index (χ1n) is 5.99. The van der Waals surface area contributed by atoms with Crippen LogP contribution in [-0.4, -0.2) is 0 Å². The average Bonchev–Trinajstić information content (AvgIpc) is 2.70. The van der Waals surface area contributed by atoms with E-state index in [2.05, 4.69) is 31.9 Å². The molecule has 3 aromatic rings. The van der Waals surface area contributed by atoms with Gasteiger partial charge >= 0.3 is 12.4 Å². The van der Waals surface area contributed by atoms with Crippen LogP contribution in [0.2, 0.25) is 0 Å². The SMILES string of the molecule is FC(F)(F)c1c(Br)cc2sc3cc(Br)ccc3c2c1C(F)(F)F. The van der Waals surface area contributed by atoms with E-state index in [1.54, 1.807) is 6.07 Å².